The molecule has 0 saturated carbocycles. The van der Waals surface area contributed by atoms with Crippen molar-refractivity contribution in [2.24, 2.45) is 0 Å². The Balaban J connectivity index is 2.10. The number of hydrogen-bond donors (Lipinski definition) is 2. The Hall–Kier alpha value is -1.31. The Labute approximate surface area is 89.1 Å². The van der Waals surface area contributed by atoms with Crippen LogP contribution in [0.4, 0.5) is 0 Å². The average Bonchev–Trinajstić information content (AvgIpc) is 2.65. The summed E-state index contributed by atoms with van der Waals surface area (Å²) in [5.74, 6) is 0. The summed E-state index contributed by atoms with van der Waals surface area (Å²) in [7, 11) is 0. The number of piperidine rings is 1. The number of nitriles is 1. The van der Waals surface area contributed by atoms with E-state index in [0.29, 0.717) is 12.2 Å². The minimum absolute atomic E-state index is 0.518. The molecule has 2 N–H and O–H groups in total. The number of nitrogens with one attached hydrogen (secondary N) is 1. The Morgan fingerprint density at radius 3 is 2.93 bits per heavy atom. The second-order valence-corrected chi connectivity index (χ2v) is 4.11. The standard InChI is InChI=1S/C11H15N3O/c12-8-10-2-1-7-14(10)9-11(15)3-5-13-6-4-11/h1-2,7,13,15H,3-6,9H2. The SMILES string of the molecule is N#Cc1cccn1CC1(O)CCNCC1. The first kappa shape index (κ1) is 10.2. The van der Waals surface area contributed by atoms with Gasteiger partial charge >= 0.3 is 0 Å². The molecule has 0 spiro atoms. The van der Waals surface area contributed by atoms with Crippen molar-refractivity contribution < 1.29 is 5.11 Å². The maximum absolute atomic E-state index is 10.3. The van der Waals surface area contributed by atoms with E-state index in [4.69, 9.17) is 5.26 Å². The smallest absolute Gasteiger partial charge is 0.120 e. The van der Waals surface area contributed by atoms with Crippen LogP contribution in [-0.4, -0.2) is 28.4 Å². The highest BCUT2D eigenvalue weighted by Gasteiger charge is 2.29. The summed E-state index contributed by atoms with van der Waals surface area (Å²) >= 11 is 0. The molecule has 2 rings (SSSR count). The third kappa shape index (κ3) is 2.20. The molecular formula is C11H15N3O. The molecule has 15 heavy (non-hydrogen) atoms. The first-order valence-electron chi connectivity index (χ1n) is 5.22. The zero-order valence-corrected chi connectivity index (χ0v) is 8.61. The van der Waals surface area contributed by atoms with Crippen LogP contribution in [0.5, 0.6) is 0 Å². The molecule has 1 saturated heterocycles. The second-order valence-electron chi connectivity index (χ2n) is 4.11. The highest BCUT2D eigenvalue weighted by atomic mass is 16.3. The van der Waals surface area contributed by atoms with Crippen LogP contribution in [0.2, 0.25) is 0 Å². The highest BCUT2D eigenvalue weighted by molar-refractivity contribution is 5.22. The van der Waals surface area contributed by atoms with E-state index in [1.165, 1.54) is 0 Å². The highest BCUT2D eigenvalue weighted by Crippen LogP contribution is 2.21. The molecule has 2 heterocycles. The van der Waals surface area contributed by atoms with Gasteiger partial charge in [0.25, 0.3) is 0 Å². The Morgan fingerprint density at radius 1 is 1.53 bits per heavy atom. The van der Waals surface area contributed by atoms with E-state index >= 15 is 0 Å². The van der Waals surface area contributed by atoms with E-state index in [2.05, 4.69) is 11.4 Å². The first-order chi connectivity index (χ1) is 7.23. The molecule has 0 bridgehead atoms. The summed E-state index contributed by atoms with van der Waals surface area (Å²) in [5.41, 5.74) is -0.0440. The third-order valence-corrected chi connectivity index (χ3v) is 2.94. The van der Waals surface area contributed by atoms with Gasteiger partial charge in [0.15, 0.2) is 0 Å². The monoisotopic (exact) mass is 205 g/mol. The van der Waals surface area contributed by atoms with E-state index in [0.717, 1.165) is 25.9 Å². The molecule has 1 aliphatic heterocycles. The lowest BCUT2D eigenvalue weighted by atomic mass is 9.92. The number of aliphatic hydroxyl groups is 1. The summed E-state index contributed by atoms with van der Waals surface area (Å²) in [4.78, 5) is 0. The Kier molecular flexibility index (Phi) is 2.76. The van der Waals surface area contributed by atoms with Crippen LogP contribution < -0.4 is 5.32 Å². The molecule has 1 aliphatic rings. The van der Waals surface area contributed by atoms with Gasteiger partial charge in [-0.1, -0.05) is 0 Å². The third-order valence-electron chi connectivity index (χ3n) is 2.94. The average molecular weight is 205 g/mol. The van der Waals surface area contributed by atoms with Crippen LogP contribution in [0.15, 0.2) is 18.3 Å². The molecule has 0 aliphatic carbocycles. The molecular weight excluding hydrogens is 190 g/mol. The van der Waals surface area contributed by atoms with Crippen LogP contribution in [0, 0.1) is 11.3 Å². The second kappa shape index (κ2) is 4.05. The van der Waals surface area contributed by atoms with Crippen molar-refractivity contribution in [2.75, 3.05) is 13.1 Å². The fourth-order valence-corrected chi connectivity index (χ4v) is 2.02. The van der Waals surface area contributed by atoms with Gasteiger partial charge in [-0.15, -0.1) is 0 Å². The van der Waals surface area contributed by atoms with Crippen LogP contribution in [0.25, 0.3) is 0 Å². The number of aromatic nitrogens is 1. The summed E-state index contributed by atoms with van der Waals surface area (Å²) in [6.45, 7) is 2.21. The molecule has 0 radical (unpaired) electrons. The first-order valence-corrected chi connectivity index (χ1v) is 5.22. The Morgan fingerprint density at radius 2 is 2.27 bits per heavy atom. The van der Waals surface area contributed by atoms with Gasteiger partial charge in [0.05, 0.1) is 12.1 Å². The number of hydrogen-bond acceptors (Lipinski definition) is 3. The molecule has 4 heteroatoms. The van der Waals surface area contributed by atoms with Gasteiger partial charge in [-0.25, -0.2) is 0 Å². The molecule has 0 amide bonds. The van der Waals surface area contributed by atoms with Gasteiger partial charge in [0.2, 0.25) is 0 Å². The van der Waals surface area contributed by atoms with Gasteiger partial charge in [-0.05, 0) is 38.1 Å². The fraction of sp³-hybridized carbons (Fsp3) is 0.545. The quantitative estimate of drug-likeness (QED) is 0.738. The molecule has 0 unspecified atom stereocenters. The van der Waals surface area contributed by atoms with Gasteiger partial charge in [-0.2, -0.15) is 5.26 Å². The molecule has 80 valence electrons. The van der Waals surface area contributed by atoms with Gasteiger partial charge in [-0.3, -0.25) is 0 Å². The maximum atomic E-state index is 10.3. The lowest BCUT2D eigenvalue weighted by Gasteiger charge is -2.33. The van der Waals surface area contributed by atoms with E-state index < -0.39 is 5.60 Å². The molecule has 0 atom stereocenters. The summed E-state index contributed by atoms with van der Waals surface area (Å²) < 4.78 is 1.82. The minimum Gasteiger partial charge on any atom is -0.388 e. The largest absolute Gasteiger partial charge is 0.388 e. The van der Waals surface area contributed by atoms with E-state index in [9.17, 15) is 5.11 Å². The molecule has 1 aromatic rings. The van der Waals surface area contributed by atoms with Crippen LogP contribution in [0.1, 0.15) is 18.5 Å². The summed E-state index contributed by atoms with van der Waals surface area (Å²) in [6, 6.07) is 5.72. The molecule has 1 fully saturated rings. The van der Waals surface area contributed by atoms with Crippen molar-refractivity contribution in [3.05, 3.63) is 24.0 Å². The van der Waals surface area contributed by atoms with Crippen molar-refractivity contribution in [1.82, 2.24) is 9.88 Å². The zero-order valence-electron chi connectivity index (χ0n) is 8.61. The maximum Gasteiger partial charge on any atom is 0.120 e. The van der Waals surface area contributed by atoms with Crippen LogP contribution in [0.3, 0.4) is 0 Å². The lowest BCUT2D eigenvalue weighted by molar-refractivity contribution is -0.00544. The van der Waals surface area contributed by atoms with Crippen LogP contribution >= 0.6 is 0 Å². The normalized spacial score (nSPS) is 19.7. The van der Waals surface area contributed by atoms with Crippen molar-refractivity contribution in [3.63, 3.8) is 0 Å². The van der Waals surface area contributed by atoms with E-state index in [1.54, 1.807) is 6.07 Å². The van der Waals surface area contributed by atoms with Gasteiger partial charge in [0, 0.05) is 6.20 Å². The summed E-state index contributed by atoms with van der Waals surface area (Å²) in [6.07, 6.45) is 3.34. The predicted molar refractivity (Wildman–Crippen MR) is 56.2 cm³/mol. The summed E-state index contributed by atoms with van der Waals surface area (Å²) in [5, 5.41) is 22.4. The fourth-order valence-electron chi connectivity index (χ4n) is 2.02. The van der Waals surface area contributed by atoms with Crippen LogP contribution in [-0.2, 0) is 6.54 Å². The number of rotatable bonds is 2. The number of nitrogens with zero attached hydrogens (tertiary/aromatic N) is 2. The van der Waals surface area contributed by atoms with E-state index in [1.807, 2.05) is 16.8 Å². The van der Waals surface area contributed by atoms with Crippen molar-refractivity contribution in [2.45, 2.75) is 25.0 Å². The molecule has 4 nitrogen and oxygen atoms in total. The van der Waals surface area contributed by atoms with Crippen molar-refractivity contribution in [3.8, 4) is 6.07 Å². The van der Waals surface area contributed by atoms with Crippen molar-refractivity contribution >= 4 is 0 Å². The topological polar surface area (TPSA) is 61.0 Å². The molecule has 1 aromatic heterocycles. The Bertz CT molecular complexity index is 371. The van der Waals surface area contributed by atoms with Crippen molar-refractivity contribution in [1.29, 1.82) is 5.26 Å². The van der Waals surface area contributed by atoms with Gasteiger partial charge in [0.1, 0.15) is 11.8 Å². The lowest BCUT2D eigenvalue weighted by Crippen LogP contribution is -2.44. The predicted octanol–water partition coefficient (Wildman–Crippen LogP) is 0.474. The molecule has 0 aromatic carbocycles. The zero-order chi connectivity index (χ0) is 10.7. The van der Waals surface area contributed by atoms with E-state index in [-0.39, 0.29) is 0 Å². The minimum atomic E-state index is -0.657. The van der Waals surface area contributed by atoms with Gasteiger partial charge < -0.3 is 15.0 Å².